The SMILES string of the molecule is CC.CC1CN(c2ccc(C#N)c3ncccc23)CC2CN(CCc3ccc(Br)cc3)CCN12. The Bertz CT molecular complexity index is 1140. The highest BCUT2D eigenvalue weighted by atomic mass is 79.9. The molecular formula is C28H34BrN5. The average molecular weight is 521 g/mol. The predicted octanol–water partition coefficient (Wildman–Crippen LogP) is 5.33. The summed E-state index contributed by atoms with van der Waals surface area (Å²) in [4.78, 5) is 12.3. The Balaban J connectivity index is 0.00000133. The van der Waals surface area contributed by atoms with Crippen LogP contribution in [-0.2, 0) is 6.42 Å². The molecule has 2 unspecified atom stereocenters. The summed E-state index contributed by atoms with van der Waals surface area (Å²) < 4.78 is 1.14. The van der Waals surface area contributed by atoms with Crippen LogP contribution < -0.4 is 4.90 Å². The predicted molar refractivity (Wildman–Crippen MR) is 144 cm³/mol. The molecule has 0 N–H and O–H groups in total. The number of pyridine rings is 1. The standard InChI is InChI=1S/C26H28BrN5.C2H6/c1-19-16-31(25-9-6-21(15-28)26-24(25)3-2-11-29-26)18-23-17-30(13-14-32(19)23)12-10-20-4-7-22(27)8-5-20;1-2/h2-9,11,19,23H,10,12-14,16-18H2,1H3;1-2H3. The lowest BCUT2D eigenvalue weighted by Gasteiger charge is -2.51. The quantitative estimate of drug-likeness (QED) is 0.465. The van der Waals surface area contributed by atoms with Gasteiger partial charge in [0.2, 0.25) is 0 Å². The van der Waals surface area contributed by atoms with Crippen molar-refractivity contribution >= 4 is 32.5 Å². The summed E-state index contributed by atoms with van der Waals surface area (Å²) in [6.45, 7) is 12.8. The fourth-order valence-electron chi connectivity index (χ4n) is 5.29. The number of benzene rings is 2. The Morgan fingerprint density at radius 3 is 2.59 bits per heavy atom. The second kappa shape index (κ2) is 11.3. The van der Waals surface area contributed by atoms with Crippen LogP contribution in [0.5, 0.6) is 0 Å². The van der Waals surface area contributed by atoms with E-state index in [4.69, 9.17) is 0 Å². The van der Waals surface area contributed by atoms with Gasteiger partial charge in [-0.15, -0.1) is 0 Å². The van der Waals surface area contributed by atoms with Crippen LogP contribution in [0, 0.1) is 11.3 Å². The van der Waals surface area contributed by atoms with Crippen molar-refractivity contribution in [3.8, 4) is 6.07 Å². The van der Waals surface area contributed by atoms with E-state index in [1.807, 2.05) is 26.0 Å². The maximum Gasteiger partial charge on any atom is 0.101 e. The Hall–Kier alpha value is -2.46. The van der Waals surface area contributed by atoms with Crippen molar-refractivity contribution in [2.75, 3.05) is 44.2 Å². The second-order valence-electron chi connectivity index (χ2n) is 8.97. The van der Waals surface area contributed by atoms with E-state index >= 15 is 0 Å². The molecule has 178 valence electrons. The first kappa shape index (κ1) is 24.7. The third kappa shape index (κ3) is 5.27. The van der Waals surface area contributed by atoms with Crippen molar-refractivity contribution in [3.05, 3.63) is 70.3 Å². The third-order valence-electron chi connectivity index (χ3n) is 6.93. The summed E-state index contributed by atoms with van der Waals surface area (Å²) >= 11 is 3.52. The highest BCUT2D eigenvalue weighted by molar-refractivity contribution is 9.10. The van der Waals surface area contributed by atoms with E-state index in [0.29, 0.717) is 17.6 Å². The molecule has 3 aromatic rings. The number of hydrogen-bond donors (Lipinski definition) is 0. The smallest absolute Gasteiger partial charge is 0.101 e. The largest absolute Gasteiger partial charge is 0.368 e. The Morgan fingerprint density at radius 2 is 1.82 bits per heavy atom. The van der Waals surface area contributed by atoms with E-state index in [1.54, 1.807) is 6.20 Å². The number of piperazine rings is 2. The highest BCUT2D eigenvalue weighted by Gasteiger charge is 2.36. The van der Waals surface area contributed by atoms with Crippen molar-refractivity contribution in [1.29, 1.82) is 5.26 Å². The number of fused-ring (bicyclic) bond motifs is 2. The second-order valence-corrected chi connectivity index (χ2v) is 9.88. The first-order chi connectivity index (χ1) is 16.6. The van der Waals surface area contributed by atoms with Crippen LogP contribution in [0.4, 0.5) is 5.69 Å². The zero-order valence-electron chi connectivity index (χ0n) is 20.4. The van der Waals surface area contributed by atoms with Crippen molar-refractivity contribution in [3.63, 3.8) is 0 Å². The molecule has 1 aromatic heterocycles. The molecule has 2 aromatic carbocycles. The van der Waals surface area contributed by atoms with E-state index in [9.17, 15) is 5.26 Å². The normalized spacial score (nSPS) is 20.9. The average Bonchev–Trinajstić information content (AvgIpc) is 2.88. The van der Waals surface area contributed by atoms with Crippen LogP contribution >= 0.6 is 15.9 Å². The molecule has 6 heteroatoms. The van der Waals surface area contributed by atoms with Gasteiger partial charge in [0.15, 0.2) is 0 Å². The Morgan fingerprint density at radius 1 is 1.03 bits per heavy atom. The van der Waals surface area contributed by atoms with Crippen molar-refractivity contribution < 1.29 is 0 Å². The molecular weight excluding hydrogens is 486 g/mol. The van der Waals surface area contributed by atoms with Gasteiger partial charge in [-0.25, -0.2) is 0 Å². The molecule has 2 aliphatic heterocycles. The summed E-state index contributed by atoms with van der Waals surface area (Å²) in [6.07, 6.45) is 2.86. The zero-order chi connectivity index (χ0) is 24.1. The molecule has 2 atom stereocenters. The minimum absolute atomic E-state index is 0.504. The van der Waals surface area contributed by atoms with Crippen LogP contribution in [0.1, 0.15) is 31.9 Å². The topological polar surface area (TPSA) is 46.4 Å². The summed E-state index contributed by atoms with van der Waals surface area (Å²) in [6, 6.07) is 20.1. The van der Waals surface area contributed by atoms with Crippen molar-refractivity contribution in [2.24, 2.45) is 0 Å². The fourth-order valence-corrected chi connectivity index (χ4v) is 5.56. The molecule has 2 saturated heterocycles. The van der Waals surface area contributed by atoms with Gasteiger partial charge in [-0.3, -0.25) is 9.88 Å². The van der Waals surface area contributed by atoms with Crippen LogP contribution in [-0.4, -0.2) is 66.1 Å². The molecule has 0 radical (unpaired) electrons. The highest BCUT2D eigenvalue weighted by Crippen LogP contribution is 2.31. The van der Waals surface area contributed by atoms with Crippen LogP contribution in [0.3, 0.4) is 0 Å². The van der Waals surface area contributed by atoms with E-state index in [0.717, 1.165) is 61.1 Å². The molecule has 34 heavy (non-hydrogen) atoms. The summed E-state index contributed by atoms with van der Waals surface area (Å²) in [5, 5.41) is 10.6. The molecule has 0 aliphatic carbocycles. The van der Waals surface area contributed by atoms with Gasteiger partial charge in [0.25, 0.3) is 0 Å². The lowest BCUT2D eigenvalue weighted by Crippen LogP contribution is -2.65. The maximum atomic E-state index is 9.49. The number of nitrogens with zero attached hydrogens (tertiary/aromatic N) is 5. The van der Waals surface area contributed by atoms with Crippen molar-refractivity contribution in [2.45, 2.75) is 39.3 Å². The first-order valence-electron chi connectivity index (χ1n) is 12.4. The third-order valence-corrected chi connectivity index (χ3v) is 7.46. The van der Waals surface area contributed by atoms with Crippen molar-refractivity contribution in [1.82, 2.24) is 14.8 Å². The van der Waals surface area contributed by atoms with Gasteiger partial charge in [-0.05, 0) is 55.3 Å². The van der Waals surface area contributed by atoms with Crippen LogP contribution in [0.15, 0.2) is 59.2 Å². The summed E-state index contributed by atoms with van der Waals surface area (Å²) in [5.41, 5.74) is 4.05. The molecule has 0 spiro atoms. The van der Waals surface area contributed by atoms with E-state index in [-0.39, 0.29) is 0 Å². The zero-order valence-corrected chi connectivity index (χ0v) is 22.0. The first-order valence-corrected chi connectivity index (χ1v) is 13.2. The van der Waals surface area contributed by atoms with E-state index in [1.165, 1.54) is 11.3 Å². The van der Waals surface area contributed by atoms with Crippen LogP contribution in [0.2, 0.25) is 0 Å². The molecule has 3 heterocycles. The van der Waals surface area contributed by atoms with Gasteiger partial charge in [0.1, 0.15) is 6.07 Å². The van der Waals surface area contributed by atoms with Gasteiger partial charge in [0, 0.05) is 73.1 Å². The minimum Gasteiger partial charge on any atom is -0.368 e. The molecule has 0 amide bonds. The van der Waals surface area contributed by atoms with Gasteiger partial charge in [-0.1, -0.05) is 41.9 Å². The Kier molecular flexibility index (Phi) is 8.20. The minimum atomic E-state index is 0.504. The number of hydrogen-bond acceptors (Lipinski definition) is 5. The monoisotopic (exact) mass is 519 g/mol. The summed E-state index contributed by atoms with van der Waals surface area (Å²) in [7, 11) is 0. The maximum absolute atomic E-state index is 9.49. The van der Waals surface area contributed by atoms with Gasteiger partial charge in [-0.2, -0.15) is 5.26 Å². The summed E-state index contributed by atoms with van der Waals surface area (Å²) in [5.74, 6) is 0. The van der Waals surface area contributed by atoms with E-state index < -0.39 is 0 Å². The lowest BCUT2D eigenvalue weighted by molar-refractivity contribution is 0.0356. The molecule has 0 saturated carbocycles. The molecule has 5 nitrogen and oxygen atoms in total. The molecule has 0 bridgehead atoms. The van der Waals surface area contributed by atoms with E-state index in [2.05, 4.69) is 85.0 Å². The molecule has 5 rings (SSSR count). The van der Waals surface area contributed by atoms with Gasteiger partial charge < -0.3 is 9.80 Å². The number of rotatable bonds is 4. The van der Waals surface area contributed by atoms with Gasteiger partial charge in [0.05, 0.1) is 11.1 Å². The number of halogens is 1. The number of aromatic nitrogens is 1. The Labute approximate surface area is 212 Å². The lowest BCUT2D eigenvalue weighted by atomic mass is 10.0. The molecule has 2 aliphatic rings. The fraction of sp³-hybridized carbons (Fsp3) is 0.429. The van der Waals surface area contributed by atoms with Gasteiger partial charge >= 0.3 is 0 Å². The van der Waals surface area contributed by atoms with Crippen LogP contribution in [0.25, 0.3) is 10.9 Å². The number of anilines is 1. The number of nitriles is 1. The molecule has 2 fully saturated rings.